The molecule has 1 aromatic rings. The molecule has 6 heteroatoms. The average Bonchev–Trinajstić information content (AvgIpc) is 2.47. The smallest absolute Gasteiger partial charge is 0.336 e. The Kier molecular flexibility index (Phi) is 2.69. The maximum absolute atomic E-state index is 11.7. The summed E-state index contributed by atoms with van der Waals surface area (Å²) in [4.78, 5) is 13.7. The van der Waals surface area contributed by atoms with Gasteiger partial charge in [0.2, 0.25) is 0 Å². The van der Waals surface area contributed by atoms with Crippen LogP contribution < -0.4 is 0 Å². The van der Waals surface area contributed by atoms with Crippen molar-refractivity contribution in [2.75, 3.05) is 0 Å². The number of aryl methyl sites for hydroxylation is 1. The number of aromatic nitrogens is 2. The van der Waals surface area contributed by atoms with Crippen molar-refractivity contribution in [1.82, 2.24) is 9.55 Å². The Bertz CT molecular complexity index is 292. The predicted molar refractivity (Wildman–Crippen MR) is 38.3 cm³/mol. The summed E-state index contributed by atoms with van der Waals surface area (Å²) in [6.45, 7) is -0.204. The van der Waals surface area contributed by atoms with E-state index < -0.39 is 12.6 Å². The van der Waals surface area contributed by atoms with Crippen molar-refractivity contribution in [3.63, 3.8) is 0 Å². The van der Waals surface area contributed by atoms with E-state index in [1.807, 2.05) is 0 Å². The molecular weight excluding hydrogens is 185 g/mol. The fourth-order valence-corrected chi connectivity index (χ4v) is 0.816. The molecule has 0 unspecified atom stereocenters. The first-order chi connectivity index (χ1) is 6.01. The quantitative estimate of drug-likeness (QED) is 0.682. The topological polar surface area (TPSA) is 34.9 Å². The average molecular weight is 192 g/mol. The van der Waals surface area contributed by atoms with Crippen LogP contribution in [-0.4, -0.2) is 22.0 Å². The van der Waals surface area contributed by atoms with Gasteiger partial charge in [-0.05, 0) is 0 Å². The van der Waals surface area contributed by atoms with Gasteiger partial charge in [-0.1, -0.05) is 0 Å². The summed E-state index contributed by atoms with van der Waals surface area (Å²) < 4.78 is 36.4. The number of imidazole rings is 1. The fraction of sp³-hybridized carbons (Fsp3) is 0.429. The summed E-state index contributed by atoms with van der Waals surface area (Å²) in [5.41, 5.74) is 0.141. The SMILES string of the molecule is O=Cc1cn(CCC(F)(F)F)cn1. The Morgan fingerprint density at radius 1 is 1.54 bits per heavy atom. The third-order valence-electron chi connectivity index (χ3n) is 1.43. The number of alkyl halides is 3. The molecule has 0 atom stereocenters. The van der Waals surface area contributed by atoms with Gasteiger partial charge in [0, 0.05) is 12.7 Å². The summed E-state index contributed by atoms with van der Waals surface area (Å²) in [5.74, 6) is 0. The van der Waals surface area contributed by atoms with Gasteiger partial charge < -0.3 is 4.57 Å². The molecule has 0 radical (unpaired) electrons. The minimum Gasteiger partial charge on any atom is -0.336 e. The summed E-state index contributed by atoms with van der Waals surface area (Å²) in [5, 5.41) is 0. The second-order valence-corrected chi connectivity index (χ2v) is 2.52. The van der Waals surface area contributed by atoms with Crippen LogP contribution >= 0.6 is 0 Å². The molecule has 0 fully saturated rings. The van der Waals surface area contributed by atoms with Crippen molar-refractivity contribution in [3.8, 4) is 0 Å². The molecule has 0 aromatic carbocycles. The van der Waals surface area contributed by atoms with Crippen molar-refractivity contribution < 1.29 is 18.0 Å². The third-order valence-corrected chi connectivity index (χ3v) is 1.43. The minimum atomic E-state index is -4.17. The lowest BCUT2D eigenvalue weighted by atomic mass is 10.4. The highest BCUT2D eigenvalue weighted by Crippen LogP contribution is 2.20. The van der Waals surface area contributed by atoms with Crippen LogP contribution in [0.15, 0.2) is 12.5 Å². The van der Waals surface area contributed by atoms with Gasteiger partial charge in [0.1, 0.15) is 5.69 Å². The zero-order valence-electron chi connectivity index (χ0n) is 6.58. The highest BCUT2D eigenvalue weighted by Gasteiger charge is 2.26. The van der Waals surface area contributed by atoms with E-state index >= 15 is 0 Å². The van der Waals surface area contributed by atoms with Crippen LogP contribution in [0.1, 0.15) is 16.9 Å². The first-order valence-corrected chi connectivity index (χ1v) is 3.55. The number of carbonyl (C=O) groups excluding carboxylic acids is 1. The van der Waals surface area contributed by atoms with E-state index in [-0.39, 0.29) is 12.2 Å². The molecule has 0 aliphatic heterocycles. The van der Waals surface area contributed by atoms with E-state index in [0.29, 0.717) is 6.29 Å². The molecule has 0 aliphatic rings. The number of halogens is 3. The summed E-state index contributed by atoms with van der Waals surface area (Å²) in [6, 6.07) is 0. The zero-order valence-corrected chi connectivity index (χ0v) is 6.58. The lowest BCUT2D eigenvalue weighted by Crippen LogP contribution is -2.11. The molecular formula is C7H7F3N2O. The van der Waals surface area contributed by atoms with E-state index in [1.54, 1.807) is 0 Å². The maximum atomic E-state index is 11.7. The normalized spacial score (nSPS) is 11.6. The summed E-state index contributed by atoms with van der Waals surface area (Å²) in [6.07, 6.45) is -2.12. The van der Waals surface area contributed by atoms with Crippen molar-refractivity contribution in [2.24, 2.45) is 0 Å². The monoisotopic (exact) mass is 192 g/mol. The Morgan fingerprint density at radius 2 is 2.23 bits per heavy atom. The lowest BCUT2D eigenvalue weighted by molar-refractivity contribution is -0.136. The van der Waals surface area contributed by atoms with Crippen LogP contribution in [0.2, 0.25) is 0 Å². The van der Waals surface area contributed by atoms with Gasteiger partial charge in [-0.2, -0.15) is 13.2 Å². The van der Waals surface area contributed by atoms with Crippen LogP contribution in [0.3, 0.4) is 0 Å². The van der Waals surface area contributed by atoms with Gasteiger partial charge in [-0.3, -0.25) is 4.79 Å². The highest BCUT2D eigenvalue weighted by atomic mass is 19.4. The largest absolute Gasteiger partial charge is 0.390 e. The maximum Gasteiger partial charge on any atom is 0.390 e. The number of carbonyl (C=O) groups is 1. The van der Waals surface area contributed by atoms with Gasteiger partial charge in [0.05, 0.1) is 12.7 Å². The number of nitrogens with zero attached hydrogens (tertiary/aromatic N) is 2. The molecule has 0 spiro atoms. The molecule has 0 saturated heterocycles. The number of hydrogen-bond donors (Lipinski definition) is 0. The lowest BCUT2D eigenvalue weighted by Gasteiger charge is -2.05. The fourth-order valence-electron chi connectivity index (χ4n) is 0.816. The Morgan fingerprint density at radius 3 is 2.69 bits per heavy atom. The van der Waals surface area contributed by atoms with Crippen LogP contribution in [0.25, 0.3) is 0 Å². The molecule has 0 N–H and O–H groups in total. The van der Waals surface area contributed by atoms with Crippen molar-refractivity contribution in [3.05, 3.63) is 18.2 Å². The molecule has 1 rings (SSSR count). The molecule has 72 valence electrons. The predicted octanol–water partition coefficient (Wildman–Crippen LogP) is 1.65. The van der Waals surface area contributed by atoms with E-state index in [9.17, 15) is 18.0 Å². The third kappa shape index (κ3) is 3.27. The summed E-state index contributed by atoms with van der Waals surface area (Å²) >= 11 is 0. The Labute approximate surface area is 72.2 Å². The van der Waals surface area contributed by atoms with E-state index in [4.69, 9.17) is 0 Å². The Balaban J connectivity index is 2.50. The minimum absolute atomic E-state index is 0.141. The first-order valence-electron chi connectivity index (χ1n) is 3.55. The van der Waals surface area contributed by atoms with Crippen molar-refractivity contribution in [2.45, 2.75) is 19.1 Å². The van der Waals surface area contributed by atoms with E-state index in [0.717, 1.165) is 0 Å². The number of rotatable bonds is 3. The number of hydrogen-bond acceptors (Lipinski definition) is 2. The first kappa shape index (κ1) is 9.76. The van der Waals surface area contributed by atoms with Crippen LogP contribution in [0.4, 0.5) is 13.2 Å². The van der Waals surface area contributed by atoms with Gasteiger partial charge in [-0.25, -0.2) is 4.98 Å². The van der Waals surface area contributed by atoms with Crippen LogP contribution in [0, 0.1) is 0 Å². The molecule has 0 bridgehead atoms. The highest BCUT2D eigenvalue weighted by molar-refractivity contribution is 5.70. The van der Waals surface area contributed by atoms with Crippen molar-refractivity contribution in [1.29, 1.82) is 0 Å². The second kappa shape index (κ2) is 3.59. The zero-order chi connectivity index (χ0) is 9.90. The molecule has 0 amide bonds. The molecule has 0 saturated carbocycles. The van der Waals surface area contributed by atoms with Crippen molar-refractivity contribution >= 4 is 6.29 Å². The van der Waals surface area contributed by atoms with Gasteiger partial charge in [-0.15, -0.1) is 0 Å². The standard InChI is InChI=1S/C7H7F3N2O/c8-7(9,10)1-2-12-3-6(4-13)11-5-12/h3-5H,1-2H2. The molecule has 3 nitrogen and oxygen atoms in total. The number of aldehydes is 1. The summed E-state index contributed by atoms with van der Waals surface area (Å²) in [7, 11) is 0. The molecule has 1 heterocycles. The van der Waals surface area contributed by atoms with E-state index in [1.165, 1.54) is 17.1 Å². The van der Waals surface area contributed by atoms with Crippen LogP contribution in [0.5, 0.6) is 0 Å². The molecule has 1 aromatic heterocycles. The second-order valence-electron chi connectivity index (χ2n) is 2.52. The van der Waals surface area contributed by atoms with Crippen LogP contribution in [-0.2, 0) is 6.54 Å². The molecule has 13 heavy (non-hydrogen) atoms. The molecule has 0 aliphatic carbocycles. The Hall–Kier alpha value is -1.33. The van der Waals surface area contributed by atoms with Gasteiger partial charge >= 0.3 is 6.18 Å². The van der Waals surface area contributed by atoms with Gasteiger partial charge in [0.15, 0.2) is 6.29 Å². The van der Waals surface area contributed by atoms with E-state index in [2.05, 4.69) is 4.98 Å². The van der Waals surface area contributed by atoms with Gasteiger partial charge in [0.25, 0.3) is 0 Å².